The molecule has 6 heteroatoms. The van der Waals surface area contributed by atoms with Gasteiger partial charge in [0, 0.05) is 54.1 Å². The summed E-state index contributed by atoms with van der Waals surface area (Å²) in [6, 6.07) is 17.5. The molecule has 156 valence electrons. The average molecular weight is 412 g/mol. The van der Waals surface area contributed by atoms with Gasteiger partial charge >= 0.3 is 0 Å². The van der Waals surface area contributed by atoms with Gasteiger partial charge in [0.25, 0.3) is 5.56 Å². The molecule has 0 radical (unpaired) electrons. The van der Waals surface area contributed by atoms with E-state index in [1.54, 1.807) is 4.52 Å². The standard InChI is InChI=1S/C25H25N5O/c1-16-12-24-27-23-14-20-10-9-19(13-21(23)25(31)30(24)28-16)29(20)15-17-5-7-18(8-6-17)22-4-2-3-11-26-22/h2-8,11-12,19-20,28H,9-10,13-15H2,1H3/t19-,20-/m0/s1. The molecule has 0 aliphatic carbocycles. The highest BCUT2D eigenvalue weighted by Crippen LogP contribution is 2.34. The fourth-order valence-electron chi connectivity index (χ4n) is 5.29. The Labute approximate surface area is 180 Å². The molecular formula is C25H25N5O. The zero-order chi connectivity index (χ0) is 20.9. The fraction of sp³-hybridized carbons (Fsp3) is 0.320. The third kappa shape index (κ3) is 3.18. The van der Waals surface area contributed by atoms with Crippen molar-refractivity contribution in [3.8, 4) is 11.3 Å². The van der Waals surface area contributed by atoms with Crippen LogP contribution in [-0.2, 0) is 19.4 Å². The Hall–Kier alpha value is -3.25. The Morgan fingerprint density at radius 3 is 2.65 bits per heavy atom. The van der Waals surface area contributed by atoms with Gasteiger partial charge in [0.05, 0.1) is 11.4 Å². The van der Waals surface area contributed by atoms with Crippen LogP contribution in [0.3, 0.4) is 0 Å². The predicted octanol–water partition coefficient (Wildman–Crippen LogP) is 3.52. The molecule has 6 rings (SSSR count). The van der Waals surface area contributed by atoms with E-state index in [4.69, 9.17) is 4.98 Å². The molecule has 1 N–H and O–H groups in total. The molecule has 2 atom stereocenters. The third-order valence-electron chi connectivity index (χ3n) is 6.84. The van der Waals surface area contributed by atoms with Crippen LogP contribution in [0.1, 0.15) is 35.4 Å². The van der Waals surface area contributed by atoms with Gasteiger partial charge in [-0.25, -0.2) is 9.50 Å². The van der Waals surface area contributed by atoms with E-state index in [1.807, 2.05) is 37.4 Å². The van der Waals surface area contributed by atoms with Crippen molar-refractivity contribution in [2.75, 3.05) is 0 Å². The molecule has 5 heterocycles. The summed E-state index contributed by atoms with van der Waals surface area (Å²) >= 11 is 0. The number of aromatic nitrogens is 4. The van der Waals surface area contributed by atoms with E-state index in [2.05, 4.69) is 39.2 Å². The van der Waals surface area contributed by atoms with Crippen LogP contribution in [0.4, 0.5) is 0 Å². The molecule has 0 amide bonds. The summed E-state index contributed by atoms with van der Waals surface area (Å²) in [5, 5.41) is 3.13. The predicted molar refractivity (Wildman–Crippen MR) is 120 cm³/mol. The third-order valence-corrected chi connectivity index (χ3v) is 6.84. The Balaban J connectivity index is 1.28. The van der Waals surface area contributed by atoms with E-state index in [-0.39, 0.29) is 5.56 Å². The van der Waals surface area contributed by atoms with Gasteiger partial charge in [0.2, 0.25) is 0 Å². The first kappa shape index (κ1) is 18.5. The second-order valence-corrected chi connectivity index (χ2v) is 8.85. The van der Waals surface area contributed by atoms with Crippen molar-refractivity contribution in [1.82, 2.24) is 24.5 Å². The minimum atomic E-state index is 0.0697. The number of aromatic amines is 1. The summed E-state index contributed by atoms with van der Waals surface area (Å²) in [4.78, 5) is 25.0. The highest BCUT2D eigenvalue weighted by atomic mass is 16.1. The van der Waals surface area contributed by atoms with Crippen LogP contribution < -0.4 is 5.56 Å². The number of H-pyrrole nitrogens is 1. The number of hydrogen-bond donors (Lipinski definition) is 1. The zero-order valence-corrected chi connectivity index (χ0v) is 17.6. The van der Waals surface area contributed by atoms with Crippen LogP contribution in [0.2, 0.25) is 0 Å². The molecule has 0 saturated carbocycles. The molecule has 1 fully saturated rings. The lowest BCUT2D eigenvalue weighted by molar-refractivity contribution is 0.187. The molecule has 1 saturated heterocycles. The van der Waals surface area contributed by atoms with Crippen molar-refractivity contribution in [3.63, 3.8) is 0 Å². The first-order valence-electron chi connectivity index (χ1n) is 11.0. The lowest BCUT2D eigenvalue weighted by atomic mass is 9.98. The molecule has 2 aliphatic rings. The minimum absolute atomic E-state index is 0.0697. The average Bonchev–Trinajstić information content (AvgIpc) is 3.29. The summed E-state index contributed by atoms with van der Waals surface area (Å²) in [6.07, 6.45) is 5.78. The summed E-state index contributed by atoms with van der Waals surface area (Å²) in [7, 11) is 0. The van der Waals surface area contributed by atoms with E-state index in [1.165, 1.54) is 12.0 Å². The maximum absolute atomic E-state index is 13.1. The van der Waals surface area contributed by atoms with Crippen molar-refractivity contribution in [1.29, 1.82) is 0 Å². The molecule has 2 aliphatic heterocycles. The Kier molecular flexibility index (Phi) is 4.28. The SMILES string of the molecule is Cc1cc2nc3c(c(=O)n2[nH]1)C[C@@H]1CC[C@@H](C3)N1Cc1ccc(-c2ccccn2)cc1. The maximum atomic E-state index is 13.1. The van der Waals surface area contributed by atoms with Gasteiger partial charge < -0.3 is 0 Å². The van der Waals surface area contributed by atoms with Crippen LogP contribution in [0.5, 0.6) is 0 Å². The number of fused-ring (bicyclic) bond motifs is 4. The lowest BCUT2D eigenvalue weighted by Crippen LogP contribution is -2.36. The molecule has 6 nitrogen and oxygen atoms in total. The molecule has 3 aromatic heterocycles. The molecule has 0 spiro atoms. The van der Waals surface area contributed by atoms with Crippen molar-refractivity contribution < 1.29 is 0 Å². The number of hydrogen-bond acceptors (Lipinski definition) is 4. The van der Waals surface area contributed by atoms with E-state index in [0.717, 1.165) is 59.7 Å². The number of nitrogens with zero attached hydrogens (tertiary/aromatic N) is 4. The van der Waals surface area contributed by atoms with Crippen molar-refractivity contribution in [2.24, 2.45) is 0 Å². The summed E-state index contributed by atoms with van der Waals surface area (Å²) in [6.45, 7) is 2.87. The zero-order valence-electron chi connectivity index (χ0n) is 17.6. The van der Waals surface area contributed by atoms with Gasteiger partial charge in [-0.1, -0.05) is 30.3 Å². The number of nitrogens with one attached hydrogen (secondary N) is 1. The minimum Gasteiger partial charge on any atom is -0.294 e. The van der Waals surface area contributed by atoms with E-state index < -0.39 is 0 Å². The summed E-state index contributed by atoms with van der Waals surface area (Å²) < 4.78 is 1.61. The second-order valence-electron chi connectivity index (χ2n) is 8.85. The molecule has 0 unspecified atom stereocenters. The topological polar surface area (TPSA) is 66.3 Å². The summed E-state index contributed by atoms with van der Waals surface area (Å²) in [5.74, 6) is 0. The fourth-order valence-corrected chi connectivity index (χ4v) is 5.29. The van der Waals surface area contributed by atoms with Crippen LogP contribution in [0.15, 0.2) is 59.5 Å². The van der Waals surface area contributed by atoms with E-state index in [9.17, 15) is 4.79 Å². The van der Waals surface area contributed by atoms with E-state index in [0.29, 0.717) is 12.1 Å². The van der Waals surface area contributed by atoms with Gasteiger partial charge in [0.1, 0.15) is 0 Å². The molecule has 31 heavy (non-hydrogen) atoms. The quantitative estimate of drug-likeness (QED) is 0.560. The van der Waals surface area contributed by atoms with Crippen LogP contribution >= 0.6 is 0 Å². The Morgan fingerprint density at radius 2 is 1.87 bits per heavy atom. The smallest absolute Gasteiger partial charge is 0.276 e. The normalized spacial score (nSPS) is 20.7. The van der Waals surface area contributed by atoms with Crippen molar-refractivity contribution >= 4 is 5.65 Å². The molecule has 2 bridgehead atoms. The first-order chi connectivity index (χ1) is 15.2. The number of aryl methyl sites for hydroxylation is 1. The first-order valence-corrected chi connectivity index (χ1v) is 11.0. The number of pyridine rings is 1. The van der Waals surface area contributed by atoms with E-state index >= 15 is 0 Å². The van der Waals surface area contributed by atoms with Gasteiger partial charge in [-0.15, -0.1) is 0 Å². The van der Waals surface area contributed by atoms with Gasteiger partial charge in [-0.05, 0) is 43.9 Å². The summed E-state index contributed by atoms with van der Waals surface area (Å²) in [5.41, 5.74) is 7.08. The number of rotatable bonds is 3. The van der Waals surface area contributed by atoms with Crippen LogP contribution in [0, 0.1) is 6.92 Å². The van der Waals surface area contributed by atoms with Gasteiger partial charge in [-0.3, -0.25) is 19.8 Å². The van der Waals surface area contributed by atoms with Crippen molar-refractivity contribution in [2.45, 2.75) is 51.2 Å². The maximum Gasteiger partial charge on any atom is 0.276 e. The lowest BCUT2D eigenvalue weighted by Gasteiger charge is -2.28. The largest absolute Gasteiger partial charge is 0.294 e. The molecule has 4 aromatic rings. The number of benzene rings is 1. The Bertz CT molecular complexity index is 1310. The monoisotopic (exact) mass is 411 g/mol. The molecule has 1 aromatic carbocycles. The van der Waals surface area contributed by atoms with Crippen molar-refractivity contribution in [3.05, 3.63) is 87.6 Å². The Morgan fingerprint density at radius 1 is 1.06 bits per heavy atom. The van der Waals surface area contributed by atoms with Gasteiger partial charge in [0.15, 0.2) is 5.65 Å². The highest BCUT2D eigenvalue weighted by molar-refractivity contribution is 5.59. The van der Waals surface area contributed by atoms with Gasteiger partial charge in [-0.2, -0.15) is 0 Å². The van der Waals surface area contributed by atoms with Crippen LogP contribution in [-0.4, -0.2) is 36.6 Å². The van der Waals surface area contributed by atoms with Crippen LogP contribution in [0.25, 0.3) is 16.9 Å². The second kappa shape index (κ2) is 7.17. The molecular weight excluding hydrogens is 386 g/mol. The highest BCUT2D eigenvalue weighted by Gasteiger charge is 2.38.